The summed E-state index contributed by atoms with van der Waals surface area (Å²) in [6, 6.07) is 8.31. The second-order valence-corrected chi connectivity index (χ2v) is 5.51. The van der Waals surface area contributed by atoms with Crippen molar-refractivity contribution in [2.24, 2.45) is 0 Å². The summed E-state index contributed by atoms with van der Waals surface area (Å²) in [4.78, 5) is 0. The lowest BCUT2D eigenvalue weighted by Gasteiger charge is -2.43. The van der Waals surface area contributed by atoms with E-state index in [0.717, 1.165) is 50.3 Å². The molecule has 1 unspecified atom stereocenters. The van der Waals surface area contributed by atoms with Gasteiger partial charge < -0.3 is 19.5 Å². The highest BCUT2D eigenvalue weighted by atomic mass is 16.5. The molecule has 0 amide bonds. The Hall–Kier alpha value is -1.10. The molecule has 118 valence electrons. The largest absolute Gasteiger partial charge is 0.496 e. The lowest BCUT2D eigenvalue weighted by molar-refractivity contribution is -0.112. The topological polar surface area (TPSA) is 39.7 Å². The molecule has 2 rings (SSSR count). The number of rotatable bonds is 7. The quantitative estimate of drug-likeness (QED) is 0.839. The SMILES string of the molecule is CCCNC(c1ccccc1OC)C1(OC)CCOCC1. The van der Waals surface area contributed by atoms with E-state index in [1.54, 1.807) is 14.2 Å². The predicted molar refractivity (Wildman–Crippen MR) is 83.8 cm³/mol. The van der Waals surface area contributed by atoms with Gasteiger partial charge in [0.2, 0.25) is 0 Å². The summed E-state index contributed by atoms with van der Waals surface area (Å²) >= 11 is 0. The normalized spacial score (nSPS) is 19.2. The summed E-state index contributed by atoms with van der Waals surface area (Å²) < 4.78 is 17.1. The van der Waals surface area contributed by atoms with Gasteiger partial charge in [-0.3, -0.25) is 0 Å². The van der Waals surface area contributed by atoms with E-state index in [0.29, 0.717) is 0 Å². The lowest BCUT2D eigenvalue weighted by Crippen LogP contribution is -2.49. The van der Waals surface area contributed by atoms with Crippen LogP contribution < -0.4 is 10.1 Å². The van der Waals surface area contributed by atoms with Crippen LogP contribution in [0.4, 0.5) is 0 Å². The van der Waals surface area contributed by atoms with E-state index in [1.165, 1.54) is 0 Å². The molecule has 0 radical (unpaired) electrons. The van der Waals surface area contributed by atoms with Crippen molar-refractivity contribution in [2.75, 3.05) is 34.0 Å². The number of para-hydroxylation sites is 1. The zero-order valence-electron chi connectivity index (χ0n) is 13.4. The average molecular weight is 293 g/mol. The second kappa shape index (κ2) is 7.78. The molecule has 1 aliphatic heterocycles. The van der Waals surface area contributed by atoms with Crippen LogP contribution in [0.3, 0.4) is 0 Å². The molecule has 1 aliphatic rings. The third kappa shape index (κ3) is 3.57. The van der Waals surface area contributed by atoms with Crippen LogP contribution in [0, 0.1) is 0 Å². The Balaban J connectivity index is 2.36. The molecule has 0 aromatic heterocycles. The van der Waals surface area contributed by atoms with Crippen molar-refractivity contribution in [1.29, 1.82) is 0 Å². The summed E-state index contributed by atoms with van der Waals surface area (Å²) in [5.74, 6) is 0.911. The number of methoxy groups -OCH3 is 2. The maximum Gasteiger partial charge on any atom is 0.123 e. The number of benzene rings is 1. The van der Waals surface area contributed by atoms with Gasteiger partial charge in [-0.1, -0.05) is 25.1 Å². The standard InChI is InChI=1S/C17H27NO3/c1-4-11-18-16(14-7-5-6-8-15(14)19-2)17(20-3)9-12-21-13-10-17/h5-8,16,18H,4,9-13H2,1-3H3. The molecule has 21 heavy (non-hydrogen) atoms. The van der Waals surface area contributed by atoms with Crippen LogP contribution in [0.15, 0.2) is 24.3 Å². The number of hydrogen-bond acceptors (Lipinski definition) is 4. The van der Waals surface area contributed by atoms with Gasteiger partial charge in [0.05, 0.1) is 18.8 Å². The van der Waals surface area contributed by atoms with Gasteiger partial charge in [-0.05, 0) is 19.0 Å². The first-order chi connectivity index (χ1) is 10.3. The summed E-state index contributed by atoms with van der Waals surface area (Å²) in [7, 11) is 3.53. The molecule has 1 saturated heterocycles. The number of hydrogen-bond donors (Lipinski definition) is 1. The highest BCUT2D eigenvalue weighted by Crippen LogP contribution is 2.40. The van der Waals surface area contributed by atoms with Gasteiger partial charge in [0.1, 0.15) is 5.75 Å². The van der Waals surface area contributed by atoms with Crippen molar-refractivity contribution in [2.45, 2.75) is 37.8 Å². The van der Waals surface area contributed by atoms with Crippen LogP contribution in [0.1, 0.15) is 37.8 Å². The third-order valence-corrected chi connectivity index (χ3v) is 4.32. The molecule has 4 nitrogen and oxygen atoms in total. The first kappa shape index (κ1) is 16.3. The van der Waals surface area contributed by atoms with Crippen molar-refractivity contribution in [3.05, 3.63) is 29.8 Å². The van der Waals surface area contributed by atoms with E-state index in [1.807, 2.05) is 12.1 Å². The molecule has 4 heteroatoms. The van der Waals surface area contributed by atoms with Gasteiger partial charge in [0.15, 0.2) is 0 Å². The molecule has 0 aliphatic carbocycles. The zero-order chi connectivity index (χ0) is 15.1. The summed E-state index contributed by atoms with van der Waals surface area (Å²) in [6.07, 6.45) is 2.87. The first-order valence-electron chi connectivity index (χ1n) is 7.76. The van der Waals surface area contributed by atoms with E-state index < -0.39 is 0 Å². The van der Waals surface area contributed by atoms with Crippen LogP contribution >= 0.6 is 0 Å². The molecule has 1 heterocycles. The maximum absolute atomic E-state index is 5.99. The van der Waals surface area contributed by atoms with E-state index in [-0.39, 0.29) is 11.6 Å². The predicted octanol–water partition coefficient (Wildman–Crippen LogP) is 2.93. The summed E-state index contributed by atoms with van der Waals surface area (Å²) in [6.45, 7) is 4.62. The molecule has 1 aromatic carbocycles. The molecule has 0 spiro atoms. The van der Waals surface area contributed by atoms with Crippen molar-refractivity contribution in [1.82, 2.24) is 5.32 Å². The van der Waals surface area contributed by atoms with Crippen LogP contribution in [-0.4, -0.2) is 39.6 Å². The minimum absolute atomic E-state index is 0.113. The molecule has 1 N–H and O–H groups in total. The van der Waals surface area contributed by atoms with Gasteiger partial charge in [0.25, 0.3) is 0 Å². The van der Waals surface area contributed by atoms with Gasteiger partial charge >= 0.3 is 0 Å². The Morgan fingerprint density at radius 1 is 1.24 bits per heavy atom. The molecule has 1 atom stereocenters. The molecular weight excluding hydrogens is 266 g/mol. The zero-order valence-corrected chi connectivity index (χ0v) is 13.4. The van der Waals surface area contributed by atoms with E-state index in [9.17, 15) is 0 Å². The summed E-state index contributed by atoms with van der Waals surface area (Å²) in [5, 5.41) is 3.66. The molecular formula is C17H27NO3. The fourth-order valence-electron chi connectivity index (χ4n) is 3.10. The van der Waals surface area contributed by atoms with Crippen LogP contribution in [0.2, 0.25) is 0 Å². The van der Waals surface area contributed by atoms with E-state index in [2.05, 4.69) is 24.4 Å². The molecule has 0 saturated carbocycles. The lowest BCUT2D eigenvalue weighted by atomic mass is 9.81. The van der Waals surface area contributed by atoms with Gasteiger partial charge in [-0.15, -0.1) is 0 Å². The van der Waals surface area contributed by atoms with Crippen LogP contribution in [0.5, 0.6) is 5.75 Å². The average Bonchev–Trinajstić information content (AvgIpc) is 2.56. The minimum atomic E-state index is -0.234. The molecule has 0 bridgehead atoms. The Morgan fingerprint density at radius 3 is 2.57 bits per heavy atom. The van der Waals surface area contributed by atoms with Gasteiger partial charge in [-0.2, -0.15) is 0 Å². The van der Waals surface area contributed by atoms with Gasteiger partial charge in [0, 0.05) is 38.7 Å². The Labute approximate surface area is 127 Å². The number of nitrogens with one attached hydrogen (secondary N) is 1. The van der Waals surface area contributed by atoms with Crippen molar-refractivity contribution in [3.8, 4) is 5.75 Å². The fraction of sp³-hybridized carbons (Fsp3) is 0.647. The van der Waals surface area contributed by atoms with Crippen molar-refractivity contribution in [3.63, 3.8) is 0 Å². The number of ether oxygens (including phenoxy) is 3. The Kier molecular flexibility index (Phi) is 6.03. The highest BCUT2D eigenvalue weighted by molar-refractivity contribution is 5.37. The smallest absolute Gasteiger partial charge is 0.123 e. The molecule has 1 aromatic rings. The van der Waals surface area contributed by atoms with Gasteiger partial charge in [-0.25, -0.2) is 0 Å². The van der Waals surface area contributed by atoms with Crippen molar-refractivity contribution < 1.29 is 14.2 Å². The first-order valence-corrected chi connectivity index (χ1v) is 7.76. The van der Waals surface area contributed by atoms with E-state index in [4.69, 9.17) is 14.2 Å². The van der Waals surface area contributed by atoms with Crippen molar-refractivity contribution >= 4 is 0 Å². The minimum Gasteiger partial charge on any atom is -0.496 e. The Bertz CT molecular complexity index is 430. The second-order valence-electron chi connectivity index (χ2n) is 5.51. The fourth-order valence-corrected chi connectivity index (χ4v) is 3.10. The molecule has 1 fully saturated rings. The van der Waals surface area contributed by atoms with Crippen LogP contribution in [-0.2, 0) is 9.47 Å². The highest BCUT2D eigenvalue weighted by Gasteiger charge is 2.42. The Morgan fingerprint density at radius 2 is 1.95 bits per heavy atom. The third-order valence-electron chi connectivity index (χ3n) is 4.32. The maximum atomic E-state index is 5.99. The summed E-state index contributed by atoms with van der Waals surface area (Å²) in [5.41, 5.74) is 0.930. The monoisotopic (exact) mass is 293 g/mol. The van der Waals surface area contributed by atoms with Crippen LogP contribution in [0.25, 0.3) is 0 Å². The van der Waals surface area contributed by atoms with E-state index >= 15 is 0 Å².